The molecule has 4 rings (SSSR count). The molecule has 184 valence electrons. The number of imidazole rings is 1. The van der Waals surface area contributed by atoms with E-state index in [-0.39, 0.29) is 17.0 Å². The number of rotatable bonds is 8. The van der Waals surface area contributed by atoms with Gasteiger partial charge in [0.25, 0.3) is 0 Å². The van der Waals surface area contributed by atoms with Crippen molar-refractivity contribution in [1.82, 2.24) is 19.5 Å². The molecule has 17 heteroatoms. The molecular formula is C16H23ClFN5O8P2. The van der Waals surface area contributed by atoms with Crippen molar-refractivity contribution in [2.24, 2.45) is 0 Å². The molecule has 3 heterocycles. The largest absolute Gasteiger partial charge is 0.387 e. The summed E-state index contributed by atoms with van der Waals surface area (Å²) in [5.41, 5.74) is 0.490. The van der Waals surface area contributed by atoms with E-state index in [1.54, 1.807) is 0 Å². The smallest absolute Gasteiger partial charge is 0.340 e. The molecule has 1 saturated carbocycles. The van der Waals surface area contributed by atoms with Crippen molar-refractivity contribution in [2.75, 3.05) is 17.8 Å². The van der Waals surface area contributed by atoms with Crippen molar-refractivity contribution >= 4 is 43.8 Å². The van der Waals surface area contributed by atoms with Crippen molar-refractivity contribution in [3.05, 3.63) is 11.6 Å². The number of aliphatic hydroxyl groups is 1. The first-order chi connectivity index (χ1) is 15.4. The van der Waals surface area contributed by atoms with E-state index in [4.69, 9.17) is 26.1 Å². The molecule has 5 atom stereocenters. The standard InChI is InChI=1S/C16H23ClFN5O8P2/c17-16-21-13(20-8-3-1-2-4-8)11-14(22-16)23(6-19-11)15-10(18)12(24)9(31-15)5-30-33(28,29)7-32(25,26)27/h6,8-10,12,15,24H,1-5,7H2,(H,28,29)(H,20,21,22)(H2,25,26,27)/t9-,10?,12-,15-/m1/s1. The van der Waals surface area contributed by atoms with Gasteiger partial charge < -0.3 is 34.4 Å². The van der Waals surface area contributed by atoms with E-state index in [2.05, 4.69) is 24.8 Å². The summed E-state index contributed by atoms with van der Waals surface area (Å²) in [6.07, 6.45) is -1.19. The predicted molar refractivity (Wildman–Crippen MR) is 114 cm³/mol. The summed E-state index contributed by atoms with van der Waals surface area (Å²) in [5, 5.41) is 13.4. The molecule has 5 N–H and O–H groups in total. The second-order valence-electron chi connectivity index (χ2n) is 8.03. The molecule has 1 aliphatic carbocycles. The number of fused-ring (bicyclic) bond motifs is 1. The van der Waals surface area contributed by atoms with Crippen LogP contribution in [-0.2, 0) is 18.4 Å². The monoisotopic (exact) mass is 529 g/mol. The lowest BCUT2D eigenvalue weighted by Gasteiger charge is -2.18. The van der Waals surface area contributed by atoms with E-state index in [9.17, 15) is 23.5 Å². The molecule has 13 nitrogen and oxygen atoms in total. The van der Waals surface area contributed by atoms with Gasteiger partial charge in [-0.2, -0.15) is 9.97 Å². The minimum atomic E-state index is -4.84. The van der Waals surface area contributed by atoms with E-state index in [0.717, 1.165) is 25.7 Å². The summed E-state index contributed by atoms with van der Waals surface area (Å²) >= 11 is 6.06. The summed E-state index contributed by atoms with van der Waals surface area (Å²) in [6.45, 7) is -0.775. The van der Waals surface area contributed by atoms with E-state index in [1.165, 1.54) is 10.9 Å². The van der Waals surface area contributed by atoms with Crippen LogP contribution in [0.3, 0.4) is 0 Å². The molecule has 2 unspecified atom stereocenters. The van der Waals surface area contributed by atoms with E-state index < -0.39 is 52.3 Å². The van der Waals surface area contributed by atoms with Gasteiger partial charge in [0.15, 0.2) is 35.3 Å². The molecule has 2 fully saturated rings. The summed E-state index contributed by atoms with van der Waals surface area (Å²) in [7, 11) is -9.54. The SMILES string of the molecule is O=P(O)(O)CP(=O)(O)OC[C@H]1O[C@@H](n2cnc3c(NC4CCCC4)nc(Cl)nc32)C(F)[C@@H]1O. The highest BCUT2D eigenvalue weighted by Crippen LogP contribution is 2.55. The molecule has 1 saturated heterocycles. The normalized spacial score (nSPS) is 28.4. The van der Waals surface area contributed by atoms with E-state index in [1.807, 2.05) is 0 Å². The fourth-order valence-corrected chi connectivity index (χ4v) is 6.70. The Kier molecular flexibility index (Phi) is 7.13. The van der Waals surface area contributed by atoms with Gasteiger partial charge in [-0.25, -0.2) is 9.37 Å². The zero-order chi connectivity index (χ0) is 24.0. The number of anilines is 1. The van der Waals surface area contributed by atoms with Gasteiger partial charge in [0.2, 0.25) is 5.28 Å². The fourth-order valence-electron chi connectivity index (χ4n) is 3.97. The van der Waals surface area contributed by atoms with Crippen LogP contribution in [0.4, 0.5) is 10.2 Å². The molecular weight excluding hydrogens is 507 g/mol. The zero-order valence-electron chi connectivity index (χ0n) is 17.1. The van der Waals surface area contributed by atoms with Gasteiger partial charge >= 0.3 is 15.2 Å². The fraction of sp³-hybridized carbons (Fsp3) is 0.688. The van der Waals surface area contributed by atoms with Crippen LogP contribution >= 0.6 is 26.8 Å². The Hall–Kier alpha value is -1.21. The van der Waals surface area contributed by atoms with Gasteiger partial charge in [-0.05, 0) is 24.4 Å². The van der Waals surface area contributed by atoms with Crippen LogP contribution in [0.1, 0.15) is 31.9 Å². The van der Waals surface area contributed by atoms with Gasteiger partial charge in [-0.3, -0.25) is 13.7 Å². The Bertz CT molecular complexity index is 1110. The molecule has 0 amide bonds. The number of halogens is 2. The van der Waals surface area contributed by atoms with E-state index in [0.29, 0.717) is 11.3 Å². The van der Waals surface area contributed by atoms with Gasteiger partial charge in [0.05, 0.1) is 12.9 Å². The molecule has 0 bridgehead atoms. The van der Waals surface area contributed by atoms with Crippen molar-refractivity contribution < 1.29 is 42.6 Å². The summed E-state index contributed by atoms with van der Waals surface area (Å²) in [5.74, 6) is -1.02. The molecule has 2 aromatic heterocycles. The molecule has 33 heavy (non-hydrogen) atoms. The first-order valence-corrected chi connectivity index (χ1v) is 14.0. The summed E-state index contributed by atoms with van der Waals surface area (Å²) in [4.78, 5) is 39.8. The van der Waals surface area contributed by atoms with Crippen LogP contribution < -0.4 is 5.32 Å². The van der Waals surface area contributed by atoms with E-state index >= 15 is 0 Å². The molecule has 0 radical (unpaired) electrons. The van der Waals surface area contributed by atoms with Crippen LogP contribution in [0.5, 0.6) is 0 Å². The Morgan fingerprint density at radius 2 is 1.97 bits per heavy atom. The highest BCUT2D eigenvalue weighted by atomic mass is 35.5. The van der Waals surface area contributed by atoms with Crippen LogP contribution in [0.15, 0.2) is 6.33 Å². The first kappa shape index (κ1) is 24.9. The lowest BCUT2D eigenvalue weighted by molar-refractivity contribution is -0.0425. The zero-order valence-corrected chi connectivity index (χ0v) is 19.6. The molecule has 0 spiro atoms. The second kappa shape index (κ2) is 9.44. The number of aliphatic hydroxyl groups excluding tert-OH is 1. The third-order valence-electron chi connectivity index (χ3n) is 5.46. The molecule has 2 aromatic rings. The molecule has 2 aliphatic rings. The maximum atomic E-state index is 14.9. The van der Waals surface area contributed by atoms with Crippen LogP contribution in [-0.4, -0.2) is 76.2 Å². The minimum Gasteiger partial charge on any atom is -0.387 e. The van der Waals surface area contributed by atoms with Crippen molar-refractivity contribution in [3.63, 3.8) is 0 Å². The topological polar surface area (TPSA) is 189 Å². The predicted octanol–water partition coefficient (Wildman–Crippen LogP) is 1.77. The number of nitrogens with one attached hydrogen (secondary N) is 1. The number of alkyl halides is 1. The Labute approximate surface area is 192 Å². The van der Waals surface area contributed by atoms with Gasteiger partial charge in [0, 0.05) is 6.04 Å². The van der Waals surface area contributed by atoms with Gasteiger partial charge in [0.1, 0.15) is 12.2 Å². The van der Waals surface area contributed by atoms with Gasteiger partial charge in [-0.15, -0.1) is 0 Å². The van der Waals surface area contributed by atoms with Crippen molar-refractivity contribution in [2.45, 2.75) is 56.3 Å². The summed E-state index contributed by atoms with van der Waals surface area (Å²) < 4.78 is 49.1. The van der Waals surface area contributed by atoms with Crippen molar-refractivity contribution in [3.8, 4) is 0 Å². The minimum absolute atomic E-state index is 0.0998. The van der Waals surface area contributed by atoms with Gasteiger partial charge in [-0.1, -0.05) is 12.8 Å². The highest BCUT2D eigenvalue weighted by molar-refractivity contribution is 7.70. The maximum Gasteiger partial charge on any atom is 0.340 e. The average molecular weight is 530 g/mol. The van der Waals surface area contributed by atoms with Crippen molar-refractivity contribution in [1.29, 1.82) is 0 Å². The van der Waals surface area contributed by atoms with Crippen LogP contribution in [0, 0.1) is 0 Å². The molecule has 0 aromatic carbocycles. The Morgan fingerprint density at radius 1 is 1.27 bits per heavy atom. The number of ether oxygens (including phenoxy) is 1. The summed E-state index contributed by atoms with van der Waals surface area (Å²) in [6, 6.07) is 0.201. The maximum absolute atomic E-state index is 14.9. The third kappa shape index (κ3) is 5.72. The number of hydrogen-bond donors (Lipinski definition) is 5. The Balaban J connectivity index is 1.53. The first-order valence-electron chi connectivity index (χ1n) is 10.1. The quantitative estimate of drug-likeness (QED) is 0.246. The number of hydrogen-bond acceptors (Lipinski definition) is 9. The van der Waals surface area contributed by atoms with Crippen LogP contribution in [0.25, 0.3) is 11.2 Å². The third-order valence-corrected chi connectivity index (χ3v) is 9.09. The van der Waals surface area contributed by atoms with Crippen LogP contribution in [0.2, 0.25) is 5.28 Å². The second-order valence-corrected chi connectivity index (χ2v) is 12.4. The highest BCUT2D eigenvalue weighted by Gasteiger charge is 2.47. The average Bonchev–Trinajstić information content (AvgIpc) is 3.40. The lowest BCUT2D eigenvalue weighted by Crippen LogP contribution is -2.31. The lowest BCUT2D eigenvalue weighted by atomic mass is 10.1. The number of nitrogens with zero attached hydrogens (tertiary/aromatic N) is 4. The Morgan fingerprint density at radius 3 is 2.64 bits per heavy atom. The molecule has 1 aliphatic heterocycles. The number of aromatic nitrogens is 4.